The first-order chi connectivity index (χ1) is 9.26. The van der Waals surface area contributed by atoms with Crippen LogP contribution in [0.2, 0.25) is 0 Å². The maximum absolute atomic E-state index is 12.1. The molecule has 3 rings (SSSR count). The minimum Gasteiger partial charge on any atom is -0.496 e. The molecule has 1 unspecified atom stereocenters. The number of thiophene rings is 1. The highest BCUT2D eigenvalue weighted by Crippen LogP contribution is 2.21. The standard InChI is InChI=1S/C12H14N4O2S/c1-18-9-4-10(19-6-9)12(17)15-8-2-3-11-13-7-14-16(11)5-8/h4,6-8H,2-3,5H2,1H3,(H,15,17). The quantitative estimate of drug-likeness (QED) is 0.912. The summed E-state index contributed by atoms with van der Waals surface area (Å²) in [4.78, 5) is 16.9. The lowest BCUT2D eigenvalue weighted by Crippen LogP contribution is -2.41. The Morgan fingerprint density at radius 2 is 2.53 bits per heavy atom. The number of hydrogen-bond donors (Lipinski definition) is 1. The maximum Gasteiger partial charge on any atom is 0.261 e. The molecule has 1 aliphatic heterocycles. The molecule has 0 fully saturated rings. The van der Waals surface area contributed by atoms with E-state index in [1.54, 1.807) is 19.5 Å². The molecule has 100 valence electrons. The molecule has 1 atom stereocenters. The molecule has 7 heteroatoms. The van der Waals surface area contributed by atoms with E-state index >= 15 is 0 Å². The fraction of sp³-hybridized carbons (Fsp3) is 0.417. The lowest BCUT2D eigenvalue weighted by Gasteiger charge is -2.23. The Balaban J connectivity index is 1.64. The van der Waals surface area contributed by atoms with Crippen LogP contribution in [0.3, 0.4) is 0 Å². The van der Waals surface area contributed by atoms with Crippen molar-refractivity contribution < 1.29 is 9.53 Å². The van der Waals surface area contributed by atoms with E-state index in [9.17, 15) is 4.79 Å². The predicted molar refractivity (Wildman–Crippen MR) is 70.5 cm³/mol. The summed E-state index contributed by atoms with van der Waals surface area (Å²) in [6.45, 7) is 0.684. The van der Waals surface area contributed by atoms with Gasteiger partial charge < -0.3 is 10.1 Å². The van der Waals surface area contributed by atoms with Gasteiger partial charge in [-0.1, -0.05) is 0 Å². The molecule has 19 heavy (non-hydrogen) atoms. The van der Waals surface area contributed by atoms with Crippen LogP contribution in [-0.2, 0) is 13.0 Å². The van der Waals surface area contributed by atoms with Crippen molar-refractivity contribution in [2.45, 2.75) is 25.4 Å². The Morgan fingerprint density at radius 3 is 3.32 bits per heavy atom. The van der Waals surface area contributed by atoms with Crippen molar-refractivity contribution in [2.75, 3.05) is 7.11 Å². The van der Waals surface area contributed by atoms with E-state index in [-0.39, 0.29) is 11.9 Å². The average molecular weight is 278 g/mol. The van der Waals surface area contributed by atoms with Gasteiger partial charge >= 0.3 is 0 Å². The van der Waals surface area contributed by atoms with Crippen LogP contribution < -0.4 is 10.1 Å². The number of nitrogens with one attached hydrogen (secondary N) is 1. The molecule has 1 amide bonds. The third-order valence-electron chi connectivity index (χ3n) is 3.18. The number of fused-ring (bicyclic) bond motifs is 1. The van der Waals surface area contributed by atoms with Gasteiger partial charge in [-0.05, 0) is 6.42 Å². The molecule has 1 aliphatic rings. The van der Waals surface area contributed by atoms with Crippen LogP contribution in [0.4, 0.5) is 0 Å². The van der Waals surface area contributed by atoms with Crippen molar-refractivity contribution in [3.8, 4) is 5.75 Å². The largest absolute Gasteiger partial charge is 0.496 e. The van der Waals surface area contributed by atoms with E-state index in [1.165, 1.54) is 11.3 Å². The third-order valence-corrected chi connectivity index (χ3v) is 4.08. The lowest BCUT2D eigenvalue weighted by molar-refractivity contribution is 0.0930. The van der Waals surface area contributed by atoms with Crippen LogP contribution in [0.25, 0.3) is 0 Å². The van der Waals surface area contributed by atoms with E-state index < -0.39 is 0 Å². The van der Waals surface area contributed by atoms with E-state index in [1.807, 2.05) is 10.1 Å². The number of amides is 1. The molecule has 0 aromatic carbocycles. The summed E-state index contributed by atoms with van der Waals surface area (Å²) in [5, 5.41) is 9.00. The molecule has 2 aromatic heterocycles. The maximum atomic E-state index is 12.1. The summed E-state index contributed by atoms with van der Waals surface area (Å²) in [7, 11) is 1.59. The number of carbonyl (C=O) groups excluding carboxylic acids is 1. The van der Waals surface area contributed by atoms with Gasteiger partial charge in [0.1, 0.15) is 17.9 Å². The van der Waals surface area contributed by atoms with Gasteiger partial charge in [0.25, 0.3) is 5.91 Å². The van der Waals surface area contributed by atoms with Crippen molar-refractivity contribution in [3.05, 3.63) is 28.5 Å². The van der Waals surface area contributed by atoms with Crippen LogP contribution in [-0.4, -0.2) is 33.8 Å². The first kappa shape index (κ1) is 12.2. The molecule has 2 aromatic rings. The SMILES string of the molecule is COc1csc(C(=O)NC2CCc3ncnn3C2)c1. The second-order valence-electron chi connectivity index (χ2n) is 4.42. The molecule has 0 bridgehead atoms. The fourth-order valence-corrected chi connectivity index (χ4v) is 2.91. The number of aryl methyl sites for hydroxylation is 1. The van der Waals surface area contributed by atoms with Gasteiger partial charge in [0, 0.05) is 23.9 Å². The normalized spacial score (nSPS) is 17.8. The van der Waals surface area contributed by atoms with Gasteiger partial charge in [-0.15, -0.1) is 11.3 Å². The van der Waals surface area contributed by atoms with E-state index in [4.69, 9.17) is 4.74 Å². The number of nitrogens with zero attached hydrogens (tertiary/aromatic N) is 3. The van der Waals surface area contributed by atoms with Crippen molar-refractivity contribution >= 4 is 17.2 Å². The average Bonchev–Trinajstić information content (AvgIpc) is 3.06. The fourth-order valence-electron chi connectivity index (χ4n) is 2.16. The summed E-state index contributed by atoms with van der Waals surface area (Å²) in [5.41, 5.74) is 0. The highest BCUT2D eigenvalue weighted by Gasteiger charge is 2.22. The number of methoxy groups -OCH3 is 1. The van der Waals surface area contributed by atoms with Crippen LogP contribution in [0, 0.1) is 0 Å². The van der Waals surface area contributed by atoms with Gasteiger partial charge in [-0.3, -0.25) is 4.79 Å². The molecule has 0 radical (unpaired) electrons. The summed E-state index contributed by atoms with van der Waals surface area (Å²) in [5.74, 6) is 1.66. The first-order valence-corrected chi connectivity index (χ1v) is 6.94. The number of hydrogen-bond acceptors (Lipinski definition) is 5. The van der Waals surface area contributed by atoms with Gasteiger partial charge in [0.2, 0.25) is 0 Å². The topological polar surface area (TPSA) is 69.0 Å². The predicted octanol–water partition coefficient (Wildman–Crippen LogP) is 1.09. The highest BCUT2D eigenvalue weighted by molar-refractivity contribution is 7.12. The summed E-state index contributed by atoms with van der Waals surface area (Å²) < 4.78 is 6.93. The molecular weight excluding hydrogens is 264 g/mol. The minimum absolute atomic E-state index is 0.0538. The molecule has 0 aliphatic carbocycles. The number of aromatic nitrogens is 3. The van der Waals surface area contributed by atoms with Gasteiger partial charge in [0.15, 0.2) is 0 Å². The monoisotopic (exact) mass is 278 g/mol. The zero-order chi connectivity index (χ0) is 13.2. The second kappa shape index (κ2) is 5.00. The third kappa shape index (κ3) is 2.46. The smallest absolute Gasteiger partial charge is 0.261 e. The van der Waals surface area contributed by atoms with Gasteiger partial charge in [-0.25, -0.2) is 9.67 Å². The van der Waals surface area contributed by atoms with Crippen LogP contribution >= 0.6 is 11.3 Å². The van der Waals surface area contributed by atoms with E-state index in [0.717, 1.165) is 24.4 Å². The minimum atomic E-state index is -0.0538. The van der Waals surface area contributed by atoms with Gasteiger partial charge in [0.05, 0.1) is 18.5 Å². The van der Waals surface area contributed by atoms with Crippen LogP contribution in [0.1, 0.15) is 21.9 Å². The van der Waals surface area contributed by atoms with Crippen LogP contribution in [0.5, 0.6) is 5.75 Å². The highest BCUT2D eigenvalue weighted by atomic mass is 32.1. The number of ether oxygens (including phenoxy) is 1. The summed E-state index contributed by atoms with van der Waals surface area (Å²) >= 11 is 1.39. The molecule has 3 heterocycles. The van der Waals surface area contributed by atoms with E-state index in [2.05, 4.69) is 15.4 Å². The van der Waals surface area contributed by atoms with Crippen molar-refractivity contribution in [3.63, 3.8) is 0 Å². The van der Waals surface area contributed by atoms with Crippen molar-refractivity contribution in [1.82, 2.24) is 20.1 Å². The lowest BCUT2D eigenvalue weighted by atomic mass is 10.1. The Morgan fingerprint density at radius 1 is 1.63 bits per heavy atom. The zero-order valence-electron chi connectivity index (χ0n) is 10.5. The first-order valence-electron chi connectivity index (χ1n) is 6.06. The number of carbonyl (C=O) groups is 1. The number of rotatable bonds is 3. The van der Waals surface area contributed by atoms with E-state index in [0.29, 0.717) is 11.4 Å². The molecule has 0 spiro atoms. The molecule has 1 N–H and O–H groups in total. The Hall–Kier alpha value is -1.89. The van der Waals surface area contributed by atoms with Crippen molar-refractivity contribution in [2.24, 2.45) is 0 Å². The summed E-state index contributed by atoms with van der Waals surface area (Å²) in [6, 6.07) is 1.86. The van der Waals surface area contributed by atoms with Crippen LogP contribution in [0.15, 0.2) is 17.8 Å². The second-order valence-corrected chi connectivity index (χ2v) is 5.33. The zero-order valence-corrected chi connectivity index (χ0v) is 11.3. The Labute approximate surface area is 114 Å². The summed E-state index contributed by atoms with van der Waals surface area (Å²) in [6.07, 6.45) is 3.30. The molecular formula is C12H14N4O2S. The molecule has 6 nitrogen and oxygen atoms in total. The van der Waals surface area contributed by atoms with Gasteiger partial charge in [-0.2, -0.15) is 5.10 Å². The Bertz CT molecular complexity index is 592. The van der Waals surface area contributed by atoms with Crippen molar-refractivity contribution in [1.29, 1.82) is 0 Å². The molecule has 0 saturated carbocycles. The molecule has 0 saturated heterocycles. The Kier molecular flexibility index (Phi) is 3.20.